The highest BCUT2D eigenvalue weighted by Crippen LogP contribution is 2.69. The molecule has 4 aliphatic carbocycles. The summed E-state index contributed by atoms with van der Waals surface area (Å²) in [5.41, 5.74) is -2.80. The van der Waals surface area contributed by atoms with E-state index in [1.54, 1.807) is 0 Å². The second-order valence-electron chi connectivity index (χ2n) is 8.53. The van der Waals surface area contributed by atoms with Crippen molar-refractivity contribution in [1.82, 2.24) is 5.32 Å². The van der Waals surface area contributed by atoms with Crippen LogP contribution in [0.3, 0.4) is 0 Å². The minimum absolute atomic E-state index is 0.0763. The van der Waals surface area contributed by atoms with Crippen LogP contribution in [0.4, 0.5) is 13.2 Å². The number of hydrogen-bond acceptors (Lipinski definition) is 2. The van der Waals surface area contributed by atoms with Crippen molar-refractivity contribution in [3.63, 3.8) is 0 Å². The number of unbranched alkanes of at least 4 members (excludes halogenated alkanes) is 1. The standard InChI is InChI=1S/C18H26F3NO3/c1-2-3-4-13(14(23)24)22-15(25)16-6-11-5-12(7-16)9-17(8-11,10-16)18(19,20)21/h11-13H,2-10H2,1H3,(H,22,25)(H,23,24)/t11?,12?,13-,16?,17?/m0/s1. The molecule has 4 aliphatic rings. The second kappa shape index (κ2) is 6.16. The molecule has 0 radical (unpaired) electrons. The topological polar surface area (TPSA) is 66.4 Å². The molecule has 0 aliphatic heterocycles. The zero-order valence-electron chi connectivity index (χ0n) is 14.5. The molecular formula is C18H26F3NO3. The van der Waals surface area contributed by atoms with Crippen molar-refractivity contribution >= 4 is 11.9 Å². The Labute approximate surface area is 145 Å². The van der Waals surface area contributed by atoms with Gasteiger partial charge in [0, 0.05) is 0 Å². The molecule has 0 aromatic carbocycles. The van der Waals surface area contributed by atoms with Gasteiger partial charge in [-0.1, -0.05) is 19.8 Å². The van der Waals surface area contributed by atoms with Crippen LogP contribution in [0, 0.1) is 22.7 Å². The number of rotatable bonds is 6. The first-order valence-corrected chi connectivity index (χ1v) is 9.21. The summed E-state index contributed by atoms with van der Waals surface area (Å²) in [6.07, 6.45) is -0.766. The summed E-state index contributed by atoms with van der Waals surface area (Å²) in [5, 5.41) is 11.9. The van der Waals surface area contributed by atoms with Crippen molar-refractivity contribution in [3.8, 4) is 0 Å². The van der Waals surface area contributed by atoms with Crippen molar-refractivity contribution in [2.45, 2.75) is 76.9 Å². The van der Waals surface area contributed by atoms with Crippen LogP contribution in [-0.2, 0) is 9.59 Å². The van der Waals surface area contributed by atoms with Crippen molar-refractivity contribution in [1.29, 1.82) is 0 Å². The SMILES string of the molecule is CCCC[C@H](NC(=O)C12CC3CC(C1)CC(C(F)(F)F)(C3)C2)C(=O)O. The maximum atomic E-state index is 13.8. The smallest absolute Gasteiger partial charge is 0.394 e. The quantitative estimate of drug-likeness (QED) is 0.754. The first kappa shape index (κ1) is 18.5. The summed E-state index contributed by atoms with van der Waals surface area (Å²) in [7, 11) is 0. The van der Waals surface area contributed by atoms with E-state index in [-0.39, 0.29) is 31.1 Å². The monoisotopic (exact) mass is 361 g/mol. The van der Waals surface area contributed by atoms with Gasteiger partial charge in [0.05, 0.1) is 10.8 Å². The molecule has 4 rings (SSSR count). The summed E-state index contributed by atoms with van der Waals surface area (Å²) in [4.78, 5) is 24.3. The van der Waals surface area contributed by atoms with Gasteiger partial charge in [-0.2, -0.15) is 13.2 Å². The van der Waals surface area contributed by atoms with Crippen LogP contribution < -0.4 is 5.32 Å². The van der Waals surface area contributed by atoms with Gasteiger partial charge in [0.1, 0.15) is 6.04 Å². The number of halogens is 3. The maximum absolute atomic E-state index is 13.8. The number of carboxylic acid groups (broad SMARTS) is 1. The number of aliphatic carboxylic acids is 1. The van der Waals surface area contributed by atoms with Gasteiger partial charge < -0.3 is 10.4 Å². The summed E-state index contributed by atoms with van der Waals surface area (Å²) in [6.45, 7) is 1.92. The zero-order chi connectivity index (χ0) is 18.5. The highest BCUT2D eigenvalue weighted by Gasteiger charge is 2.69. The number of nitrogens with one attached hydrogen (secondary N) is 1. The Balaban J connectivity index is 1.81. The lowest BCUT2D eigenvalue weighted by Crippen LogP contribution is -2.62. The van der Waals surface area contributed by atoms with E-state index in [2.05, 4.69) is 5.32 Å². The molecule has 142 valence electrons. The van der Waals surface area contributed by atoms with E-state index in [4.69, 9.17) is 0 Å². The Morgan fingerprint density at radius 3 is 2.28 bits per heavy atom. The van der Waals surface area contributed by atoms with Crippen LogP contribution in [0.2, 0.25) is 0 Å². The highest BCUT2D eigenvalue weighted by atomic mass is 19.4. The van der Waals surface area contributed by atoms with Gasteiger partial charge in [-0.3, -0.25) is 4.79 Å². The van der Waals surface area contributed by atoms with Crippen LogP contribution in [0.15, 0.2) is 0 Å². The summed E-state index contributed by atoms with van der Waals surface area (Å²) in [6, 6.07) is -1.01. The average molecular weight is 361 g/mol. The van der Waals surface area contributed by atoms with Crippen LogP contribution in [0.25, 0.3) is 0 Å². The molecule has 1 amide bonds. The molecule has 0 aromatic rings. The van der Waals surface area contributed by atoms with E-state index in [1.807, 2.05) is 6.92 Å². The van der Waals surface area contributed by atoms with E-state index in [9.17, 15) is 27.9 Å². The van der Waals surface area contributed by atoms with Gasteiger partial charge in [0.15, 0.2) is 0 Å². The molecule has 4 nitrogen and oxygen atoms in total. The van der Waals surface area contributed by atoms with Crippen LogP contribution in [0.1, 0.15) is 64.7 Å². The first-order valence-electron chi connectivity index (χ1n) is 9.21. The van der Waals surface area contributed by atoms with Gasteiger partial charge in [-0.15, -0.1) is 0 Å². The van der Waals surface area contributed by atoms with Crippen molar-refractivity contribution < 1.29 is 27.9 Å². The van der Waals surface area contributed by atoms with E-state index in [0.29, 0.717) is 25.7 Å². The molecule has 0 heterocycles. The Kier molecular flexibility index (Phi) is 4.57. The van der Waals surface area contributed by atoms with Crippen molar-refractivity contribution in [2.75, 3.05) is 0 Å². The predicted octanol–water partition coefficient (Wildman–Crippen LogP) is 3.89. The summed E-state index contributed by atoms with van der Waals surface area (Å²) < 4.78 is 41.3. The number of carbonyl (C=O) groups excluding carboxylic acids is 1. The minimum atomic E-state index is -4.30. The molecule has 3 atom stereocenters. The summed E-state index contributed by atoms with van der Waals surface area (Å²) in [5.74, 6) is -1.74. The molecule has 7 heteroatoms. The van der Waals surface area contributed by atoms with Gasteiger partial charge in [-0.25, -0.2) is 4.79 Å². The van der Waals surface area contributed by atoms with Gasteiger partial charge >= 0.3 is 12.1 Å². The van der Waals surface area contributed by atoms with E-state index < -0.39 is 34.9 Å². The number of hydrogen-bond donors (Lipinski definition) is 2. The van der Waals surface area contributed by atoms with Gasteiger partial charge in [-0.05, 0) is 56.8 Å². The molecule has 4 saturated carbocycles. The van der Waals surface area contributed by atoms with Crippen LogP contribution in [0.5, 0.6) is 0 Å². The molecule has 4 fully saturated rings. The lowest BCUT2D eigenvalue weighted by molar-refractivity contribution is -0.283. The van der Waals surface area contributed by atoms with Gasteiger partial charge in [0.2, 0.25) is 5.91 Å². The fourth-order valence-corrected chi connectivity index (χ4v) is 5.84. The molecule has 25 heavy (non-hydrogen) atoms. The van der Waals surface area contributed by atoms with Crippen LogP contribution in [-0.4, -0.2) is 29.2 Å². The van der Waals surface area contributed by atoms with Crippen molar-refractivity contribution in [3.05, 3.63) is 0 Å². The molecule has 0 spiro atoms. The van der Waals surface area contributed by atoms with E-state index >= 15 is 0 Å². The third-order valence-electron chi connectivity index (χ3n) is 6.59. The Morgan fingerprint density at radius 2 is 1.80 bits per heavy atom. The maximum Gasteiger partial charge on any atom is 0.394 e. The Morgan fingerprint density at radius 1 is 1.20 bits per heavy atom. The number of carboxylic acids is 1. The Hall–Kier alpha value is -1.27. The van der Waals surface area contributed by atoms with Crippen LogP contribution >= 0.6 is 0 Å². The largest absolute Gasteiger partial charge is 0.480 e. The predicted molar refractivity (Wildman–Crippen MR) is 84.7 cm³/mol. The third kappa shape index (κ3) is 3.14. The van der Waals surface area contributed by atoms with Gasteiger partial charge in [0.25, 0.3) is 0 Å². The van der Waals surface area contributed by atoms with Crippen molar-refractivity contribution in [2.24, 2.45) is 22.7 Å². The minimum Gasteiger partial charge on any atom is -0.480 e. The molecule has 2 N–H and O–H groups in total. The second-order valence-corrected chi connectivity index (χ2v) is 8.53. The van der Waals surface area contributed by atoms with E-state index in [0.717, 1.165) is 12.8 Å². The molecule has 0 saturated heterocycles. The lowest BCUT2D eigenvalue weighted by Gasteiger charge is -2.61. The number of amides is 1. The van der Waals surface area contributed by atoms with E-state index in [1.165, 1.54) is 0 Å². The number of alkyl halides is 3. The first-order chi connectivity index (χ1) is 11.6. The number of carbonyl (C=O) groups is 2. The fraction of sp³-hybridized carbons (Fsp3) is 0.889. The molecule has 2 unspecified atom stereocenters. The molecule has 4 bridgehead atoms. The third-order valence-corrected chi connectivity index (χ3v) is 6.59. The average Bonchev–Trinajstić information content (AvgIpc) is 2.48. The normalized spacial score (nSPS) is 37.8. The summed E-state index contributed by atoms with van der Waals surface area (Å²) >= 11 is 0. The molecule has 0 aromatic heterocycles. The highest BCUT2D eigenvalue weighted by molar-refractivity contribution is 5.88. The molecular weight excluding hydrogens is 335 g/mol. The lowest BCUT2D eigenvalue weighted by atomic mass is 9.43. The zero-order valence-corrected chi connectivity index (χ0v) is 14.5. The Bertz CT molecular complexity index is 546. The fourth-order valence-electron chi connectivity index (χ4n) is 5.84.